The van der Waals surface area contributed by atoms with Gasteiger partial charge in [0.25, 0.3) is 0 Å². The molecule has 1 aromatic carbocycles. The molecule has 96 valence electrons. The van der Waals surface area contributed by atoms with E-state index in [4.69, 9.17) is 4.42 Å². The van der Waals surface area contributed by atoms with E-state index >= 15 is 0 Å². The standard InChI is InChI=1S/C13H11F3O2/c1-8-6-10(7-18-8)12(17)9-2-4-11(5-3-9)13(14,15)16/h2-7,12,17H,1H3. The van der Waals surface area contributed by atoms with Crippen LogP contribution < -0.4 is 0 Å². The van der Waals surface area contributed by atoms with Gasteiger partial charge in [-0.05, 0) is 30.7 Å². The lowest BCUT2D eigenvalue weighted by molar-refractivity contribution is -0.137. The Balaban J connectivity index is 2.24. The second-order valence-electron chi connectivity index (χ2n) is 4.01. The summed E-state index contributed by atoms with van der Waals surface area (Å²) in [6.07, 6.45) is -3.96. The van der Waals surface area contributed by atoms with Crippen LogP contribution in [0.15, 0.2) is 41.0 Å². The van der Waals surface area contributed by atoms with Crippen molar-refractivity contribution in [3.63, 3.8) is 0 Å². The van der Waals surface area contributed by atoms with Crippen molar-refractivity contribution in [2.75, 3.05) is 0 Å². The molecule has 0 bridgehead atoms. The van der Waals surface area contributed by atoms with Crippen molar-refractivity contribution in [2.24, 2.45) is 0 Å². The topological polar surface area (TPSA) is 33.4 Å². The molecule has 1 N–H and O–H groups in total. The molecule has 0 aliphatic heterocycles. The average molecular weight is 256 g/mol. The Kier molecular flexibility index (Phi) is 3.17. The Bertz CT molecular complexity index is 526. The maximum atomic E-state index is 12.4. The molecule has 0 saturated carbocycles. The minimum Gasteiger partial charge on any atom is -0.469 e. The van der Waals surface area contributed by atoms with E-state index in [9.17, 15) is 18.3 Å². The SMILES string of the molecule is Cc1cc(C(O)c2ccc(C(F)(F)F)cc2)co1. The Labute approximate surface area is 102 Å². The third kappa shape index (κ3) is 2.56. The fourth-order valence-electron chi connectivity index (χ4n) is 1.65. The molecule has 1 atom stereocenters. The van der Waals surface area contributed by atoms with Gasteiger partial charge in [-0.15, -0.1) is 0 Å². The highest BCUT2D eigenvalue weighted by Gasteiger charge is 2.30. The number of halogens is 3. The molecule has 2 rings (SSSR count). The zero-order valence-electron chi connectivity index (χ0n) is 9.53. The van der Waals surface area contributed by atoms with Gasteiger partial charge in [0.2, 0.25) is 0 Å². The summed E-state index contributed by atoms with van der Waals surface area (Å²) < 4.78 is 42.2. The number of benzene rings is 1. The quantitative estimate of drug-likeness (QED) is 0.889. The first-order valence-corrected chi connectivity index (χ1v) is 5.28. The summed E-state index contributed by atoms with van der Waals surface area (Å²) in [4.78, 5) is 0. The highest BCUT2D eigenvalue weighted by Crippen LogP contribution is 2.31. The van der Waals surface area contributed by atoms with Crippen molar-refractivity contribution in [3.8, 4) is 0 Å². The fourth-order valence-corrected chi connectivity index (χ4v) is 1.65. The van der Waals surface area contributed by atoms with Crippen LogP contribution >= 0.6 is 0 Å². The number of aliphatic hydroxyl groups excluding tert-OH is 1. The van der Waals surface area contributed by atoms with Gasteiger partial charge in [0.05, 0.1) is 11.8 Å². The van der Waals surface area contributed by atoms with Crippen LogP contribution in [0.3, 0.4) is 0 Å². The van der Waals surface area contributed by atoms with Crippen LogP contribution in [0.5, 0.6) is 0 Å². The van der Waals surface area contributed by atoms with Gasteiger partial charge in [-0.1, -0.05) is 12.1 Å². The van der Waals surface area contributed by atoms with Crippen molar-refractivity contribution >= 4 is 0 Å². The van der Waals surface area contributed by atoms with Crippen LogP contribution in [0.1, 0.15) is 28.6 Å². The third-order valence-corrected chi connectivity index (χ3v) is 2.62. The Morgan fingerprint density at radius 2 is 1.72 bits per heavy atom. The zero-order chi connectivity index (χ0) is 13.3. The lowest BCUT2D eigenvalue weighted by atomic mass is 10.0. The van der Waals surface area contributed by atoms with Crippen molar-refractivity contribution in [1.29, 1.82) is 0 Å². The largest absolute Gasteiger partial charge is 0.469 e. The predicted octanol–water partition coefficient (Wildman–Crippen LogP) is 3.69. The van der Waals surface area contributed by atoms with Crippen molar-refractivity contribution < 1.29 is 22.7 Å². The number of hydrogen-bond acceptors (Lipinski definition) is 2. The van der Waals surface area contributed by atoms with Crippen molar-refractivity contribution in [2.45, 2.75) is 19.2 Å². The summed E-state index contributed by atoms with van der Waals surface area (Å²) in [5, 5.41) is 9.96. The Morgan fingerprint density at radius 1 is 1.11 bits per heavy atom. The van der Waals surface area contributed by atoms with Gasteiger partial charge in [0.15, 0.2) is 0 Å². The molecule has 18 heavy (non-hydrogen) atoms. The Morgan fingerprint density at radius 3 is 2.17 bits per heavy atom. The van der Waals surface area contributed by atoms with Gasteiger partial charge in [-0.25, -0.2) is 0 Å². The molecule has 0 fully saturated rings. The molecule has 1 aromatic heterocycles. The molecular weight excluding hydrogens is 245 g/mol. The predicted molar refractivity (Wildman–Crippen MR) is 59.0 cm³/mol. The highest BCUT2D eigenvalue weighted by molar-refractivity contribution is 5.31. The fraction of sp³-hybridized carbons (Fsp3) is 0.231. The number of furan rings is 1. The number of aliphatic hydroxyl groups is 1. The molecule has 0 aliphatic carbocycles. The van der Waals surface area contributed by atoms with Gasteiger partial charge >= 0.3 is 6.18 Å². The second kappa shape index (κ2) is 4.49. The first-order valence-electron chi connectivity index (χ1n) is 5.28. The van der Waals surface area contributed by atoms with Gasteiger partial charge in [-0.2, -0.15) is 13.2 Å². The molecule has 0 spiro atoms. The van der Waals surface area contributed by atoms with Gasteiger partial charge < -0.3 is 9.52 Å². The molecule has 0 aliphatic rings. The number of rotatable bonds is 2. The van der Waals surface area contributed by atoms with E-state index in [-0.39, 0.29) is 0 Å². The monoisotopic (exact) mass is 256 g/mol. The first kappa shape index (κ1) is 12.7. The summed E-state index contributed by atoms with van der Waals surface area (Å²) in [5.41, 5.74) is 0.179. The van der Waals surface area contributed by atoms with Crippen LogP contribution in [0.2, 0.25) is 0 Å². The van der Waals surface area contributed by atoms with Crippen molar-refractivity contribution in [3.05, 3.63) is 59.0 Å². The zero-order valence-corrected chi connectivity index (χ0v) is 9.53. The summed E-state index contributed by atoms with van der Waals surface area (Å²) in [5.74, 6) is 0.635. The first-order chi connectivity index (χ1) is 8.38. The van der Waals surface area contributed by atoms with Crippen molar-refractivity contribution in [1.82, 2.24) is 0 Å². The molecule has 0 radical (unpaired) electrons. The van der Waals surface area contributed by atoms with E-state index in [2.05, 4.69) is 0 Å². The lowest BCUT2D eigenvalue weighted by Crippen LogP contribution is -2.05. The molecule has 0 saturated heterocycles. The van der Waals surface area contributed by atoms with E-state index in [0.29, 0.717) is 16.9 Å². The lowest BCUT2D eigenvalue weighted by Gasteiger charge is -2.11. The van der Waals surface area contributed by atoms with Crippen LogP contribution in [0, 0.1) is 6.92 Å². The molecule has 2 aromatic rings. The summed E-state index contributed by atoms with van der Waals surface area (Å²) in [6.45, 7) is 1.73. The minimum atomic E-state index is -4.37. The van der Waals surface area contributed by atoms with Crippen LogP contribution in [0.4, 0.5) is 13.2 Å². The number of aryl methyl sites for hydroxylation is 1. The summed E-state index contributed by atoms with van der Waals surface area (Å²) in [6, 6.07) is 6.06. The van der Waals surface area contributed by atoms with Gasteiger partial charge in [0, 0.05) is 5.56 Å². The van der Waals surface area contributed by atoms with Gasteiger partial charge in [0.1, 0.15) is 11.9 Å². The molecule has 0 amide bonds. The molecule has 5 heteroatoms. The number of hydrogen-bond donors (Lipinski definition) is 1. The maximum Gasteiger partial charge on any atom is 0.416 e. The van der Waals surface area contributed by atoms with Crippen LogP contribution in [-0.2, 0) is 6.18 Å². The highest BCUT2D eigenvalue weighted by atomic mass is 19.4. The molecular formula is C13H11F3O2. The summed E-state index contributed by atoms with van der Waals surface area (Å²) >= 11 is 0. The average Bonchev–Trinajstić information content (AvgIpc) is 2.74. The van der Waals surface area contributed by atoms with E-state index in [1.165, 1.54) is 18.4 Å². The third-order valence-electron chi connectivity index (χ3n) is 2.62. The Hall–Kier alpha value is -1.75. The summed E-state index contributed by atoms with van der Waals surface area (Å²) in [7, 11) is 0. The van der Waals surface area contributed by atoms with E-state index < -0.39 is 17.8 Å². The minimum absolute atomic E-state index is 0.392. The van der Waals surface area contributed by atoms with E-state index in [0.717, 1.165) is 12.1 Å². The van der Waals surface area contributed by atoms with E-state index in [1.54, 1.807) is 13.0 Å². The smallest absolute Gasteiger partial charge is 0.416 e. The molecule has 2 nitrogen and oxygen atoms in total. The maximum absolute atomic E-state index is 12.4. The van der Waals surface area contributed by atoms with Crippen LogP contribution in [0.25, 0.3) is 0 Å². The molecule has 1 unspecified atom stereocenters. The molecule has 1 heterocycles. The second-order valence-corrected chi connectivity index (χ2v) is 4.01. The van der Waals surface area contributed by atoms with Crippen LogP contribution in [-0.4, -0.2) is 5.11 Å². The van der Waals surface area contributed by atoms with Gasteiger partial charge in [-0.3, -0.25) is 0 Å². The van der Waals surface area contributed by atoms with E-state index in [1.807, 2.05) is 0 Å². The number of alkyl halides is 3. The normalized spacial score (nSPS) is 13.6.